The third-order valence-corrected chi connectivity index (χ3v) is 4.24. The minimum Gasteiger partial charge on any atom is -0.340 e. The van der Waals surface area contributed by atoms with Crippen LogP contribution in [0.5, 0.6) is 0 Å². The molecule has 1 N–H and O–H groups in total. The first-order valence-electron chi connectivity index (χ1n) is 7.25. The lowest BCUT2D eigenvalue weighted by Gasteiger charge is -2.32. The lowest BCUT2D eigenvalue weighted by atomic mass is 9.90. The molecule has 1 saturated heterocycles. The topological polar surface area (TPSA) is 49.4 Å². The second-order valence-corrected chi connectivity index (χ2v) is 5.98. The summed E-state index contributed by atoms with van der Waals surface area (Å²) >= 11 is 0. The molecule has 1 atom stereocenters. The third kappa shape index (κ3) is 2.42. The molecular formula is C16H20N2O2. The maximum atomic E-state index is 12.9. The lowest BCUT2D eigenvalue weighted by molar-refractivity contribution is -0.138. The van der Waals surface area contributed by atoms with Crippen LogP contribution in [0.3, 0.4) is 0 Å². The van der Waals surface area contributed by atoms with E-state index in [9.17, 15) is 9.59 Å². The largest absolute Gasteiger partial charge is 0.340 e. The fraction of sp³-hybridized carbons (Fsp3) is 0.500. The molecule has 4 nitrogen and oxygen atoms in total. The molecule has 20 heavy (non-hydrogen) atoms. The first-order valence-corrected chi connectivity index (χ1v) is 7.25. The van der Waals surface area contributed by atoms with Crippen molar-refractivity contribution >= 4 is 11.8 Å². The van der Waals surface area contributed by atoms with Crippen molar-refractivity contribution in [2.24, 2.45) is 5.92 Å². The number of carbonyl (C=O) groups is 2. The van der Waals surface area contributed by atoms with Gasteiger partial charge in [-0.05, 0) is 31.2 Å². The number of benzene rings is 1. The van der Waals surface area contributed by atoms with E-state index >= 15 is 0 Å². The van der Waals surface area contributed by atoms with E-state index in [1.165, 1.54) is 12.8 Å². The van der Waals surface area contributed by atoms with Crippen molar-refractivity contribution in [2.45, 2.75) is 31.7 Å². The Bertz CT molecular complexity index is 525. The molecule has 1 saturated carbocycles. The van der Waals surface area contributed by atoms with E-state index in [0.717, 1.165) is 12.1 Å². The maximum Gasteiger partial charge on any atom is 0.252 e. The summed E-state index contributed by atoms with van der Waals surface area (Å²) < 4.78 is 0. The van der Waals surface area contributed by atoms with Crippen molar-refractivity contribution in [3.05, 3.63) is 35.9 Å². The van der Waals surface area contributed by atoms with Crippen LogP contribution < -0.4 is 5.32 Å². The highest BCUT2D eigenvalue weighted by molar-refractivity contribution is 5.94. The number of nitrogens with zero attached hydrogens (tertiary/aromatic N) is 1. The quantitative estimate of drug-likeness (QED) is 0.909. The van der Waals surface area contributed by atoms with Crippen molar-refractivity contribution in [1.82, 2.24) is 10.2 Å². The van der Waals surface area contributed by atoms with Crippen LogP contribution in [0, 0.1) is 5.92 Å². The summed E-state index contributed by atoms with van der Waals surface area (Å²) in [5.41, 5.74) is -0.0925. The van der Waals surface area contributed by atoms with Gasteiger partial charge in [0, 0.05) is 19.5 Å². The molecule has 3 rings (SSSR count). The van der Waals surface area contributed by atoms with Gasteiger partial charge in [-0.15, -0.1) is 0 Å². The van der Waals surface area contributed by atoms with Crippen molar-refractivity contribution in [2.75, 3.05) is 13.1 Å². The van der Waals surface area contributed by atoms with E-state index in [0.29, 0.717) is 18.9 Å². The van der Waals surface area contributed by atoms with E-state index < -0.39 is 5.54 Å². The van der Waals surface area contributed by atoms with Crippen LogP contribution in [-0.2, 0) is 15.1 Å². The molecule has 2 aliphatic rings. The minimum atomic E-state index is -0.941. The molecule has 0 spiro atoms. The molecule has 1 aromatic carbocycles. The Labute approximate surface area is 119 Å². The Morgan fingerprint density at radius 1 is 1.25 bits per heavy atom. The molecule has 0 radical (unpaired) electrons. The Kier molecular flexibility index (Phi) is 3.24. The van der Waals surface area contributed by atoms with Crippen LogP contribution in [0.2, 0.25) is 0 Å². The summed E-state index contributed by atoms with van der Waals surface area (Å²) in [6.07, 6.45) is 2.79. The summed E-state index contributed by atoms with van der Waals surface area (Å²) in [6, 6.07) is 9.52. The van der Waals surface area contributed by atoms with Gasteiger partial charge in [0.05, 0.1) is 0 Å². The van der Waals surface area contributed by atoms with Gasteiger partial charge in [-0.2, -0.15) is 0 Å². The van der Waals surface area contributed by atoms with Crippen LogP contribution in [0.15, 0.2) is 30.3 Å². The molecule has 0 aromatic heterocycles. The van der Waals surface area contributed by atoms with Crippen molar-refractivity contribution in [1.29, 1.82) is 0 Å². The predicted molar refractivity (Wildman–Crippen MR) is 75.9 cm³/mol. The second kappa shape index (κ2) is 4.93. The SMILES string of the molecule is CC1(c2ccccc2)NC(=O)CCN(CC2CC2)C1=O. The van der Waals surface area contributed by atoms with Gasteiger partial charge < -0.3 is 10.2 Å². The smallest absolute Gasteiger partial charge is 0.252 e. The monoisotopic (exact) mass is 272 g/mol. The molecule has 2 fully saturated rings. The van der Waals surface area contributed by atoms with Crippen LogP contribution in [-0.4, -0.2) is 29.8 Å². The summed E-state index contributed by atoms with van der Waals surface area (Å²) in [5.74, 6) is 0.594. The van der Waals surface area contributed by atoms with Gasteiger partial charge in [0.1, 0.15) is 5.54 Å². The van der Waals surface area contributed by atoms with Crippen LogP contribution in [0.4, 0.5) is 0 Å². The molecule has 1 unspecified atom stereocenters. The Morgan fingerprint density at radius 3 is 2.60 bits per heavy atom. The highest BCUT2D eigenvalue weighted by Gasteiger charge is 2.43. The number of amides is 2. The van der Waals surface area contributed by atoms with E-state index in [1.54, 1.807) is 0 Å². The zero-order valence-electron chi connectivity index (χ0n) is 11.8. The zero-order chi connectivity index (χ0) is 14.2. The van der Waals surface area contributed by atoms with Crippen LogP contribution in [0.1, 0.15) is 31.7 Å². The van der Waals surface area contributed by atoms with Crippen molar-refractivity contribution in [3.63, 3.8) is 0 Å². The first kappa shape index (κ1) is 13.2. The summed E-state index contributed by atoms with van der Waals surface area (Å²) in [6.45, 7) is 3.13. The molecule has 1 heterocycles. The molecule has 106 valence electrons. The summed E-state index contributed by atoms with van der Waals surface area (Å²) in [5, 5.41) is 2.91. The molecule has 1 aromatic rings. The van der Waals surface area contributed by atoms with Gasteiger partial charge in [0.25, 0.3) is 5.91 Å². The van der Waals surface area contributed by atoms with E-state index in [-0.39, 0.29) is 11.8 Å². The Morgan fingerprint density at radius 2 is 1.95 bits per heavy atom. The van der Waals surface area contributed by atoms with Crippen LogP contribution >= 0.6 is 0 Å². The predicted octanol–water partition coefficient (Wildman–Crippen LogP) is 1.66. The highest BCUT2D eigenvalue weighted by atomic mass is 16.2. The summed E-state index contributed by atoms with van der Waals surface area (Å²) in [4.78, 5) is 26.7. The molecule has 2 amide bonds. The average molecular weight is 272 g/mol. The number of rotatable bonds is 3. The second-order valence-electron chi connectivity index (χ2n) is 5.98. The van der Waals surface area contributed by atoms with Crippen molar-refractivity contribution < 1.29 is 9.59 Å². The van der Waals surface area contributed by atoms with Gasteiger partial charge in [0.2, 0.25) is 5.91 Å². The number of carbonyl (C=O) groups excluding carboxylic acids is 2. The Balaban J connectivity index is 1.93. The molecule has 0 bridgehead atoms. The third-order valence-electron chi connectivity index (χ3n) is 4.24. The van der Waals surface area contributed by atoms with Gasteiger partial charge in [-0.3, -0.25) is 9.59 Å². The lowest BCUT2D eigenvalue weighted by Crippen LogP contribution is -2.52. The normalized spacial score (nSPS) is 27.1. The fourth-order valence-corrected chi connectivity index (χ4v) is 2.80. The fourth-order valence-electron chi connectivity index (χ4n) is 2.80. The van der Waals surface area contributed by atoms with Gasteiger partial charge in [-0.1, -0.05) is 30.3 Å². The average Bonchev–Trinajstić information content (AvgIpc) is 3.27. The number of hydrogen-bond donors (Lipinski definition) is 1. The first-order chi connectivity index (χ1) is 9.59. The molecule has 4 heteroatoms. The number of nitrogens with one attached hydrogen (secondary N) is 1. The standard InChI is InChI=1S/C16H20N2O2/c1-16(13-5-3-2-4-6-13)15(20)18(11-12-7-8-12)10-9-14(19)17-16/h2-6,12H,7-11H2,1H3,(H,17,19). The van der Waals surface area contributed by atoms with Crippen molar-refractivity contribution in [3.8, 4) is 0 Å². The summed E-state index contributed by atoms with van der Waals surface area (Å²) in [7, 11) is 0. The van der Waals surface area contributed by atoms with Gasteiger partial charge in [0.15, 0.2) is 0 Å². The van der Waals surface area contributed by atoms with Crippen LogP contribution in [0.25, 0.3) is 0 Å². The molecule has 1 aliphatic carbocycles. The van der Waals surface area contributed by atoms with E-state index in [1.807, 2.05) is 42.2 Å². The molecular weight excluding hydrogens is 252 g/mol. The minimum absolute atomic E-state index is 0.0152. The van der Waals surface area contributed by atoms with Gasteiger partial charge in [-0.25, -0.2) is 0 Å². The highest BCUT2D eigenvalue weighted by Crippen LogP contribution is 2.32. The number of hydrogen-bond acceptors (Lipinski definition) is 2. The van der Waals surface area contributed by atoms with Gasteiger partial charge >= 0.3 is 0 Å². The van der Waals surface area contributed by atoms with E-state index in [2.05, 4.69) is 5.32 Å². The zero-order valence-corrected chi connectivity index (χ0v) is 11.8. The maximum absolute atomic E-state index is 12.9. The molecule has 1 aliphatic heterocycles. The Hall–Kier alpha value is -1.84. The van der Waals surface area contributed by atoms with E-state index in [4.69, 9.17) is 0 Å².